The summed E-state index contributed by atoms with van der Waals surface area (Å²) in [7, 11) is 2.05. The van der Waals surface area contributed by atoms with Gasteiger partial charge in [-0.2, -0.15) is 0 Å². The van der Waals surface area contributed by atoms with Gasteiger partial charge in [-0.25, -0.2) is 15.2 Å². The highest BCUT2D eigenvalue weighted by Crippen LogP contribution is 2.29. The van der Waals surface area contributed by atoms with Crippen LogP contribution in [0.1, 0.15) is 12.8 Å². The molecule has 2 rings (SSSR count). The predicted molar refractivity (Wildman–Crippen MR) is 89.7 cm³/mol. The number of nitrogens with one attached hydrogen (secondary N) is 2. The Balaban J connectivity index is 1.79. The van der Waals surface area contributed by atoms with E-state index in [0.29, 0.717) is 6.61 Å². The second-order valence-corrected chi connectivity index (χ2v) is 8.14. The molecule has 0 aromatic heterocycles. The van der Waals surface area contributed by atoms with Gasteiger partial charge in [-0.05, 0) is 19.9 Å². The van der Waals surface area contributed by atoms with Gasteiger partial charge in [-0.1, -0.05) is 34.8 Å². The number of carbonyl (C=O) groups excluding carboxylic acids is 1. The molecule has 0 radical (unpaired) electrons. The Morgan fingerprint density at radius 3 is 2.61 bits per heavy atom. The molecule has 0 aromatic rings. The number of likely N-dealkylation sites (N-methyl/N-ethyl adjacent to an activating group) is 1. The van der Waals surface area contributed by atoms with E-state index >= 15 is 0 Å². The number of nitrogens with zero attached hydrogens (tertiary/aromatic N) is 2. The smallest absolute Gasteiger partial charge is 0.408 e. The highest BCUT2D eigenvalue weighted by atomic mass is 35.6. The van der Waals surface area contributed by atoms with Crippen molar-refractivity contribution in [2.75, 3.05) is 46.4 Å². The lowest BCUT2D eigenvalue weighted by atomic mass is 10.2. The van der Waals surface area contributed by atoms with Crippen molar-refractivity contribution >= 4 is 40.9 Å². The predicted octanol–water partition coefficient (Wildman–Crippen LogP) is 1.34. The minimum atomic E-state index is -1.70. The largest absolute Gasteiger partial charge is 0.447 e. The first-order valence-corrected chi connectivity index (χ1v) is 8.79. The topological polar surface area (TPSA) is 66.1 Å². The molecule has 0 saturated carbocycles. The number of rotatable bonds is 5. The van der Waals surface area contributed by atoms with E-state index in [1.165, 1.54) is 0 Å². The monoisotopic (exact) mass is 388 g/mol. The normalized spacial score (nSPS) is 25.3. The molecular formula is C13H23Cl3N4O3. The molecule has 2 heterocycles. The van der Waals surface area contributed by atoms with Crippen LogP contribution in [-0.4, -0.2) is 78.5 Å². The summed E-state index contributed by atoms with van der Waals surface area (Å²) >= 11 is 17.9. The van der Waals surface area contributed by atoms with Crippen LogP contribution in [0.15, 0.2) is 0 Å². The Morgan fingerprint density at radius 1 is 1.35 bits per heavy atom. The number of amides is 1. The van der Waals surface area contributed by atoms with E-state index in [0.717, 1.165) is 39.0 Å². The van der Waals surface area contributed by atoms with Gasteiger partial charge in [-0.15, -0.1) is 0 Å². The average molecular weight is 390 g/mol. The minimum Gasteiger partial charge on any atom is -0.447 e. The Bertz CT molecular complexity index is 383. The minimum absolute atomic E-state index is 0.0439. The van der Waals surface area contributed by atoms with E-state index in [1.807, 2.05) is 12.1 Å². The van der Waals surface area contributed by atoms with Crippen molar-refractivity contribution in [3.8, 4) is 0 Å². The van der Waals surface area contributed by atoms with Crippen LogP contribution in [0.25, 0.3) is 0 Å². The van der Waals surface area contributed by atoms with Gasteiger partial charge in [0.25, 0.3) is 0 Å². The summed E-state index contributed by atoms with van der Waals surface area (Å²) in [5.41, 5.74) is 3.04. The third kappa shape index (κ3) is 6.78. The molecule has 2 fully saturated rings. The number of hydrogen-bond donors (Lipinski definition) is 2. The van der Waals surface area contributed by atoms with Crippen molar-refractivity contribution in [3.05, 3.63) is 0 Å². The fourth-order valence-corrected chi connectivity index (χ4v) is 2.72. The number of alkyl carbamates (subject to hydrolysis) is 1. The molecule has 0 aromatic carbocycles. The molecule has 134 valence electrons. The van der Waals surface area contributed by atoms with Crippen LogP contribution in [0.4, 0.5) is 4.79 Å². The Morgan fingerprint density at radius 2 is 2.04 bits per heavy atom. The zero-order chi connectivity index (χ0) is 16.9. The number of ether oxygens (including phenoxy) is 2. The second kappa shape index (κ2) is 8.89. The summed E-state index contributed by atoms with van der Waals surface area (Å²) < 4.78 is 8.83. The maximum Gasteiger partial charge on any atom is 0.408 e. The van der Waals surface area contributed by atoms with Crippen LogP contribution in [0.5, 0.6) is 0 Å². The molecule has 2 saturated heterocycles. The van der Waals surface area contributed by atoms with Crippen LogP contribution in [0, 0.1) is 0 Å². The summed E-state index contributed by atoms with van der Waals surface area (Å²) in [6.45, 7) is 4.22. The van der Waals surface area contributed by atoms with E-state index < -0.39 is 16.1 Å². The zero-order valence-corrected chi connectivity index (χ0v) is 15.3. The first-order chi connectivity index (χ1) is 10.8. The Labute approximate surface area is 151 Å². The molecule has 7 nitrogen and oxygen atoms in total. The second-order valence-electron chi connectivity index (χ2n) is 5.77. The molecule has 2 N–H and O–H groups in total. The molecule has 2 aliphatic heterocycles. The first-order valence-electron chi connectivity index (χ1n) is 7.66. The van der Waals surface area contributed by atoms with Gasteiger partial charge in [0.1, 0.15) is 12.8 Å². The van der Waals surface area contributed by atoms with E-state index in [2.05, 4.69) is 15.6 Å². The van der Waals surface area contributed by atoms with Crippen molar-refractivity contribution in [2.24, 2.45) is 0 Å². The zero-order valence-electron chi connectivity index (χ0n) is 13.1. The Kier molecular flexibility index (Phi) is 7.47. The summed E-state index contributed by atoms with van der Waals surface area (Å²) in [6.07, 6.45) is 0.307. The molecule has 0 bridgehead atoms. The summed E-state index contributed by atoms with van der Waals surface area (Å²) in [5.74, 6) is 0. The van der Waals surface area contributed by atoms with Crippen molar-refractivity contribution in [2.45, 2.75) is 28.9 Å². The molecular weight excluding hydrogens is 367 g/mol. The van der Waals surface area contributed by atoms with Gasteiger partial charge in [-0.3, -0.25) is 0 Å². The standard InChI is InChI=1S/C13H23Cl3N4O3/c1-19-4-6-20(7-5-19)18-11(13(14,15)16)17-12(21)23-9-10-3-2-8-22-10/h10-11,18H,2-9H2,1H3,(H,17,21). The van der Waals surface area contributed by atoms with E-state index in [1.54, 1.807) is 0 Å². The molecule has 0 aliphatic carbocycles. The molecule has 2 unspecified atom stereocenters. The average Bonchev–Trinajstić information content (AvgIpc) is 2.99. The number of hydrogen-bond acceptors (Lipinski definition) is 6. The number of hydrazine groups is 1. The number of carbonyl (C=O) groups is 1. The third-order valence-electron chi connectivity index (χ3n) is 3.83. The van der Waals surface area contributed by atoms with Gasteiger partial charge in [0.2, 0.25) is 3.79 Å². The number of alkyl halides is 3. The van der Waals surface area contributed by atoms with Crippen molar-refractivity contribution in [1.29, 1.82) is 0 Å². The van der Waals surface area contributed by atoms with Gasteiger partial charge in [0.05, 0.1) is 6.10 Å². The van der Waals surface area contributed by atoms with Crippen molar-refractivity contribution in [3.63, 3.8) is 0 Å². The highest BCUT2D eigenvalue weighted by molar-refractivity contribution is 6.68. The summed E-state index contributed by atoms with van der Waals surface area (Å²) in [4.78, 5) is 14.1. The summed E-state index contributed by atoms with van der Waals surface area (Å²) in [5, 5.41) is 4.48. The quantitative estimate of drug-likeness (QED) is 0.546. The van der Waals surface area contributed by atoms with Crippen molar-refractivity contribution in [1.82, 2.24) is 20.7 Å². The van der Waals surface area contributed by atoms with Gasteiger partial charge in [0, 0.05) is 32.8 Å². The number of halogens is 3. The molecule has 0 spiro atoms. The lowest BCUT2D eigenvalue weighted by Crippen LogP contribution is -2.62. The molecule has 10 heteroatoms. The van der Waals surface area contributed by atoms with Crippen LogP contribution < -0.4 is 10.7 Å². The van der Waals surface area contributed by atoms with E-state index in [4.69, 9.17) is 44.3 Å². The first kappa shape index (κ1) is 19.3. The lowest BCUT2D eigenvalue weighted by molar-refractivity contribution is 0.0380. The number of piperazine rings is 1. The molecule has 2 atom stereocenters. The Hall–Kier alpha value is -0.0200. The maximum atomic E-state index is 11.9. The van der Waals surface area contributed by atoms with Gasteiger partial charge >= 0.3 is 6.09 Å². The molecule has 2 aliphatic rings. The lowest BCUT2D eigenvalue weighted by Gasteiger charge is -2.37. The SMILES string of the molecule is CN1CCN(NC(NC(=O)OCC2CCCO2)C(Cl)(Cl)Cl)CC1. The third-order valence-corrected chi connectivity index (χ3v) is 4.48. The van der Waals surface area contributed by atoms with Crippen LogP contribution in [0.3, 0.4) is 0 Å². The molecule has 1 amide bonds. The van der Waals surface area contributed by atoms with E-state index in [-0.39, 0.29) is 12.7 Å². The highest BCUT2D eigenvalue weighted by Gasteiger charge is 2.36. The summed E-state index contributed by atoms with van der Waals surface area (Å²) in [6, 6.07) is 0. The molecule has 23 heavy (non-hydrogen) atoms. The van der Waals surface area contributed by atoms with Crippen LogP contribution >= 0.6 is 34.8 Å². The van der Waals surface area contributed by atoms with E-state index in [9.17, 15) is 4.79 Å². The fourth-order valence-electron chi connectivity index (χ4n) is 2.41. The van der Waals surface area contributed by atoms with Gasteiger partial charge < -0.3 is 19.7 Å². The van der Waals surface area contributed by atoms with Crippen LogP contribution in [-0.2, 0) is 9.47 Å². The van der Waals surface area contributed by atoms with Crippen LogP contribution in [0.2, 0.25) is 0 Å². The van der Waals surface area contributed by atoms with Gasteiger partial charge in [0.15, 0.2) is 0 Å². The van der Waals surface area contributed by atoms with Crippen molar-refractivity contribution < 1.29 is 14.3 Å². The fraction of sp³-hybridized carbons (Fsp3) is 0.923. The maximum absolute atomic E-state index is 11.9.